The molecule has 2 atom stereocenters. The zero-order chi connectivity index (χ0) is 13.0. The zero-order valence-corrected chi connectivity index (χ0v) is 10.9. The Morgan fingerprint density at radius 1 is 1.35 bits per heavy atom. The van der Waals surface area contributed by atoms with E-state index < -0.39 is 6.10 Å². The lowest BCUT2D eigenvalue weighted by atomic mass is 9.93. The Labute approximate surface area is 104 Å². The summed E-state index contributed by atoms with van der Waals surface area (Å²) in [6, 6.07) is 5.77. The lowest BCUT2D eigenvalue weighted by molar-refractivity contribution is 0.195. The van der Waals surface area contributed by atoms with Gasteiger partial charge in [-0.25, -0.2) is 0 Å². The molecule has 1 aromatic carbocycles. The molecule has 17 heavy (non-hydrogen) atoms. The van der Waals surface area contributed by atoms with Crippen molar-refractivity contribution in [3.8, 4) is 5.75 Å². The van der Waals surface area contributed by atoms with Crippen molar-refractivity contribution < 1.29 is 10.2 Å². The van der Waals surface area contributed by atoms with Gasteiger partial charge in [0, 0.05) is 0 Å². The molecule has 0 aliphatic heterocycles. The summed E-state index contributed by atoms with van der Waals surface area (Å²) in [5.41, 5.74) is 2.81. The summed E-state index contributed by atoms with van der Waals surface area (Å²) in [4.78, 5) is 0. The first-order valence-corrected chi connectivity index (χ1v) is 6.04. The summed E-state index contributed by atoms with van der Waals surface area (Å²) in [5, 5.41) is 19.3. The van der Waals surface area contributed by atoms with Gasteiger partial charge in [-0.05, 0) is 49.8 Å². The van der Waals surface area contributed by atoms with Gasteiger partial charge >= 0.3 is 0 Å². The van der Waals surface area contributed by atoms with Crippen LogP contribution in [-0.2, 0) is 0 Å². The van der Waals surface area contributed by atoms with Crippen molar-refractivity contribution in [2.75, 3.05) is 0 Å². The maximum atomic E-state index is 9.67. The smallest absolute Gasteiger partial charge is 0.118 e. The molecule has 1 rings (SSSR count). The van der Waals surface area contributed by atoms with Crippen molar-refractivity contribution >= 4 is 0 Å². The van der Waals surface area contributed by atoms with Gasteiger partial charge in [0.25, 0.3) is 0 Å². The second kappa shape index (κ2) is 5.87. The van der Waals surface area contributed by atoms with Crippen molar-refractivity contribution in [1.82, 2.24) is 0 Å². The van der Waals surface area contributed by atoms with Crippen LogP contribution in [-0.4, -0.2) is 16.3 Å². The molecule has 0 aromatic heterocycles. The molecule has 0 heterocycles. The van der Waals surface area contributed by atoms with E-state index in [1.54, 1.807) is 0 Å². The van der Waals surface area contributed by atoms with Crippen molar-refractivity contribution in [2.24, 2.45) is 0 Å². The van der Waals surface area contributed by atoms with Crippen LogP contribution >= 0.6 is 0 Å². The molecule has 2 heteroatoms. The summed E-state index contributed by atoms with van der Waals surface area (Å²) < 4.78 is 0. The molecule has 2 nitrogen and oxygen atoms in total. The first kappa shape index (κ1) is 13.8. The van der Waals surface area contributed by atoms with Crippen LogP contribution in [0.3, 0.4) is 0 Å². The maximum Gasteiger partial charge on any atom is 0.118 e. The molecule has 94 valence electrons. The molecular formula is C15H22O2. The normalized spacial score (nSPS) is 14.4. The fourth-order valence-electron chi connectivity index (χ4n) is 1.75. The molecule has 0 fully saturated rings. The van der Waals surface area contributed by atoms with Crippen LogP contribution in [0.4, 0.5) is 0 Å². The van der Waals surface area contributed by atoms with E-state index >= 15 is 0 Å². The average molecular weight is 234 g/mol. The third-order valence-corrected chi connectivity index (χ3v) is 3.24. The Kier molecular flexibility index (Phi) is 4.76. The Hall–Kier alpha value is -1.28. The van der Waals surface area contributed by atoms with E-state index in [0.29, 0.717) is 18.1 Å². The van der Waals surface area contributed by atoms with Gasteiger partial charge in [0.2, 0.25) is 0 Å². The molecule has 0 bridgehead atoms. The van der Waals surface area contributed by atoms with Crippen molar-refractivity contribution in [3.05, 3.63) is 41.5 Å². The molecule has 0 aliphatic rings. The molecular weight excluding hydrogens is 212 g/mol. The molecule has 0 spiro atoms. The van der Waals surface area contributed by atoms with Gasteiger partial charge in [0.1, 0.15) is 5.75 Å². The number of aromatic hydroxyl groups is 1. The largest absolute Gasteiger partial charge is 0.508 e. The number of aliphatic hydroxyl groups is 1. The monoisotopic (exact) mass is 234 g/mol. The summed E-state index contributed by atoms with van der Waals surface area (Å²) in [5.74, 6) is 0.672. The van der Waals surface area contributed by atoms with Crippen LogP contribution in [0.25, 0.3) is 0 Å². The summed E-state index contributed by atoms with van der Waals surface area (Å²) >= 11 is 0. The predicted molar refractivity (Wildman–Crippen MR) is 71.3 cm³/mol. The highest BCUT2D eigenvalue weighted by Gasteiger charge is 2.11. The van der Waals surface area contributed by atoms with E-state index in [1.807, 2.05) is 32.0 Å². The highest BCUT2D eigenvalue weighted by molar-refractivity contribution is 5.36. The third kappa shape index (κ3) is 3.90. The Balaban J connectivity index is 2.60. The standard InChI is InChI=1S/C15H22O2/c1-10(2)14(16)8-6-11(3)13-7-5-12(4)15(17)9-13/h5,7,9,11,14,16-17H,1,6,8H2,2-4H3/t11-,14+/m1/s1. The van der Waals surface area contributed by atoms with Crippen LogP contribution < -0.4 is 0 Å². The molecule has 2 N–H and O–H groups in total. The predicted octanol–water partition coefficient (Wildman–Crippen LogP) is 3.52. The van der Waals surface area contributed by atoms with Gasteiger partial charge in [-0.3, -0.25) is 0 Å². The number of benzene rings is 1. The minimum absolute atomic E-state index is 0.329. The number of rotatable bonds is 5. The maximum absolute atomic E-state index is 9.67. The van der Waals surface area contributed by atoms with E-state index in [9.17, 15) is 10.2 Å². The fraction of sp³-hybridized carbons (Fsp3) is 0.467. The fourth-order valence-corrected chi connectivity index (χ4v) is 1.75. The summed E-state index contributed by atoms with van der Waals surface area (Å²) in [6.07, 6.45) is 1.18. The first-order valence-electron chi connectivity index (χ1n) is 6.04. The minimum atomic E-state index is -0.420. The topological polar surface area (TPSA) is 40.5 Å². The second-order valence-electron chi connectivity index (χ2n) is 4.89. The van der Waals surface area contributed by atoms with Crippen LogP contribution in [0, 0.1) is 6.92 Å². The van der Waals surface area contributed by atoms with E-state index in [-0.39, 0.29) is 0 Å². The number of aryl methyl sites for hydroxylation is 1. The highest BCUT2D eigenvalue weighted by Crippen LogP contribution is 2.27. The zero-order valence-electron chi connectivity index (χ0n) is 10.9. The van der Waals surface area contributed by atoms with Gasteiger partial charge < -0.3 is 10.2 Å². The van der Waals surface area contributed by atoms with E-state index in [0.717, 1.165) is 23.1 Å². The first-order chi connectivity index (χ1) is 7.91. The quantitative estimate of drug-likeness (QED) is 0.765. The molecule has 0 saturated carbocycles. The van der Waals surface area contributed by atoms with Crippen LogP contribution in [0.1, 0.15) is 43.7 Å². The molecule has 0 aliphatic carbocycles. The van der Waals surface area contributed by atoms with Crippen LogP contribution in [0.2, 0.25) is 0 Å². The van der Waals surface area contributed by atoms with Gasteiger partial charge in [-0.15, -0.1) is 0 Å². The Bertz CT molecular complexity index is 396. The number of aliphatic hydroxyl groups excluding tert-OH is 1. The van der Waals surface area contributed by atoms with Crippen molar-refractivity contribution in [2.45, 2.75) is 45.6 Å². The molecule has 0 radical (unpaired) electrons. The average Bonchev–Trinajstić information content (AvgIpc) is 2.28. The van der Waals surface area contributed by atoms with E-state index in [4.69, 9.17) is 0 Å². The summed E-state index contributed by atoms with van der Waals surface area (Å²) in [6.45, 7) is 9.57. The molecule has 0 amide bonds. The SMILES string of the molecule is C=C(C)[C@@H](O)CC[C@@H](C)c1ccc(C)c(O)c1. The third-order valence-electron chi connectivity index (χ3n) is 3.24. The number of phenols is 1. The van der Waals surface area contributed by atoms with Crippen molar-refractivity contribution in [1.29, 1.82) is 0 Å². The molecule has 0 unspecified atom stereocenters. The Morgan fingerprint density at radius 3 is 2.53 bits per heavy atom. The highest BCUT2D eigenvalue weighted by atomic mass is 16.3. The van der Waals surface area contributed by atoms with Gasteiger partial charge in [0.05, 0.1) is 6.10 Å². The lowest BCUT2D eigenvalue weighted by Crippen LogP contribution is -2.08. The van der Waals surface area contributed by atoms with Crippen molar-refractivity contribution in [3.63, 3.8) is 0 Å². The molecule has 0 saturated heterocycles. The van der Waals surface area contributed by atoms with Crippen LogP contribution in [0.15, 0.2) is 30.4 Å². The Morgan fingerprint density at radius 2 is 2.00 bits per heavy atom. The second-order valence-corrected chi connectivity index (χ2v) is 4.89. The number of phenolic OH excluding ortho intramolecular Hbond substituents is 1. The van der Waals surface area contributed by atoms with Gasteiger partial charge in [-0.2, -0.15) is 0 Å². The number of hydrogen-bond donors (Lipinski definition) is 2. The molecule has 1 aromatic rings. The van der Waals surface area contributed by atoms with E-state index in [2.05, 4.69) is 13.5 Å². The van der Waals surface area contributed by atoms with E-state index in [1.165, 1.54) is 0 Å². The number of hydrogen-bond acceptors (Lipinski definition) is 2. The lowest BCUT2D eigenvalue weighted by Gasteiger charge is -2.16. The summed E-state index contributed by atoms with van der Waals surface area (Å²) in [7, 11) is 0. The van der Waals surface area contributed by atoms with Gasteiger partial charge in [0.15, 0.2) is 0 Å². The van der Waals surface area contributed by atoms with Gasteiger partial charge in [-0.1, -0.05) is 31.2 Å². The van der Waals surface area contributed by atoms with Crippen LogP contribution in [0.5, 0.6) is 5.75 Å². The minimum Gasteiger partial charge on any atom is -0.508 e.